The molecule has 0 aliphatic carbocycles. The maximum Gasteiger partial charge on any atom is 0.267 e. The number of amides is 1. The quantitative estimate of drug-likeness (QED) is 0.416. The molecule has 0 spiro atoms. The van der Waals surface area contributed by atoms with Crippen LogP contribution >= 0.6 is 0 Å². The first kappa shape index (κ1) is 17.5. The molecule has 1 aromatic carbocycles. The Balaban J connectivity index is 1.76. The van der Waals surface area contributed by atoms with Crippen LogP contribution in [0.2, 0.25) is 0 Å². The van der Waals surface area contributed by atoms with E-state index in [1.165, 1.54) is 24.6 Å². The van der Waals surface area contributed by atoms with Gasteiger partial charge in [-0.15, -0.1) is 0 Å². The van der Waals surface area contributed by atoms with Crippen LogP contribution in [0.25, 0.3) is 23.0 Å². The van der Waals surface area contributed by atoms with Crippen molar-refractivity contribution in [3.05, 3.63) is 66.0 Å². The Hall–Kier alpha value is -2.96. The number of carbonyl (C=O) groups is 1. The van der Waals surface area contributed by atoms with Crippen LogP contribution in [-0.2, 0) is 11.3 Å². The van der Waals surface area contributed by atoms with E-state index in [0.29, 0.717) is 0 Å². The fourth-order valence-corrected chi connectivity index (χ4v) is 3.55. The number of hydrogen-bond donors (Lipinski definition) is 2. The summed E-state index contributed by atoms with van der Waals surface area (Å²) >= 11 is 0. The van der Waals surface area contributed by atoms with Gasteiger partial charge in [-0.2, -0.15) is 0 Å². The number of pyridine rings is 1. The molecule has 0 saturated carbocycles. The highest BCUT2D eigenvalue weighted by Crippen LogP contribution is 2.27. The van der Waals surface area contributed by atoms with Crippen LogP contribution in [-0.4, -0.2) is 38.5 Å². The molecule has 3 aromatic rings. The third kappa shape index (κ3) is 3.77. The molecule has 3 heterocycles. The first-order valence-electron chi connectivity index (χ1n) is 9.15. The smallest absolute Gasteiger partial charge is 0.267 e. The molecular formula is C21H22N4O2. The zero-order chi connectivity index (χ0) is 18.6. The predicted octanol–water partition coefficient (Wildman–Crippen LogP) is 3.12. The molecule has 27 heavy (non-hydrogen) atoms. The highest BCUT2D eigenvalue weighted by molar-refractivity contribution is 5.91. The van der Waals surface area contributed by atoms with E-state index in [2.05, 4.69) is 21.4 Å². The van der Waals surface area contributed by atoms with Crippen molar-refractivity contribution in [2.45, 2.75) is 19.4 Å². The molecule has 1 saturated heterocycles. The summed E-state index contributed by atoms with van der Waals surface area (Å²) in [6, 6.07) is 14.1. The first-order valence-corrected chi connectivity index (χ1v) is 9.15. The lowest BCUT2D eigenvalue weighted by Crippen LogP contribution is -2.19. The average molecular weight is 362 g/mol. The third-order valence-electron chi connectivity index (χ3n) is 4.91. The zero-order valence-electron chi connectivity index (χ0n) is 15.0. The predicted molar refractivity (Wildman–Crippen MR) is 104 cm³/mol. The van der Waals surface area contributed by atoms with Crippen molar-refractivity contribution in [3.8, 4) is 11.3 Å². The summed E-state index contributed by atoms with van der Waals surface area (Å²) in [6.07, 6.45) is 7.44. The number of hydroxylamine groups is 1. The monoisotopic (exact) mass is 362 g/mol. The van der Waals surface area contributed by atoms with Crippen molar-refractivity contribution >= 4 is 17.6 Å². The van der Waals surface area contributed by atoms with Crippen LogP contribution in [0.5, 0.6) is 0 Å². The van der Waals surface area contributed by atoms with E-state index in [-0.39, 0.29) is 0 Å². The number of fused-ring (bicyclic) bond motifs is 1. The Kier molecular flexibility index (Phi) is 5.00. The molecule has 1 amide bonds. The molecule has 6 heteroatoms. The van der Waals surface area contributed by atoms with Gasteiger partial charge in [0.25, 0.3) is 5.91 Å². The number of carbonyl (C=O) groups excluding carboxylic acids is 1. The number of aromatic nitrogens is 2. The van der Waals surface area contributed by atoms with Gasteiger partial charge < -0.3 is 4.40 Å². The van der Waals surface area contributed by atoms with Crippen molar-refractivity contribution in [2.75, 3.05) is 13.1 Å². The molecular weight excluding hydrogens is 340 g/mol. The van der Waals surface area contributed by atoms with Gasteiger partial charge in [0.15, 0.2) is 0 Å². The van der Waals surface area contributed by atoms with Crippen molar-refractivity contribution < 1.29 is 10.0 Å². The molecule has 1 aliphatic heterocycles. The van der Waals surface area contributed by atoms with Gasteiger partial charge in [0.1, 0.15) is 5.65 Å². The van der Waals surface area contributed by atoms with Gasteiger partial charge in [0, 0.05) is 24.4 Å². The van der Waals surface area contributed by atoms with Crippen molar-refractivity contribution in [1.29, 1.82) is 0 Å². The minimum Gasteiger partial charge on any atom is -0.302 e. The van der Waals surface area contributed by atoms with E-state index in [9.17, 15) is 4.79 Å². The molecule has 2 aromatic heterocycles. The van der Waals surface area contributed by atoms with Crippen LogP contribution in [0.4, 0.5) is 0 Å². The third-order valence-corrected chi connectivity index (χ3v) is 4.91. The molecule has 2 N–H and O–H groups in total. The SMILES string of the molecule is O=C(/C=C/c1ccn2c(CN3CCCC3)c(-c3ccccc3)nc2c1)NO. The molecule has 0 atom stereocenters. The van der Waals surface area contributed by atoms with Crippen molar-refractivity contribution in [3.63, 3.8) is 0 Å². The van der Waals surface area contributed by atoms with Gasteiger partial charge in [-0.3, -0.25) is 14.9 Å². The van der Waals surface area contributed by atoms with Crippen LogP contribution in [0.1, 0.15) is 24.1 Å². The normalized spacial score (nSPS) is 15.0. The Bertz CT molecular complexity index is 973. The average Bonchev–Trinajstić information content (AvgIpc) is 3.35. The second-order valence-electron chi connectivity index (χ2n) is 6.75. The molecule has 1 aliphatic rings. The fourth-order valence-electron chi connectivity index (χ4n) is 3.55. The number of hydrogen-bond acceptors (Lipinski definition) is 4. The minimum atomic E-state index is -0.557. The number of nitrogens with zero attached hydrogens (tertiary/aromatic N) is 3. The number of likely N-dealkylation sites (tertiary alicyclic amines) is 1. The maximum atomic E-state index is 11.2. The second kappa shape index (κ2) is 7.73. The summed E-state index contributed by atoms with van der Waals surface area (Å²) in [5, 5.41) is 8.61. The van der Waals surface area contributed by atoms with Crippen molar-refractivity contribution in [1.82, 2.24) is 19.8 Å². The van der Waals surface area contributed by atoms with Crippen molar-refractivity contribution in [2.24, 2.45) is 0 Å². The zero-order valence-corrected chi connectivity index (χ0v) is 15.0. The molecule has 0 unspecified atom stereocenters. The maximum absolute atomic E-state index is 11.2. The molecule has 0 bridgehead atoms. The fraction of sp³-hybridized carbons (Fsp3) is 0.238. The summed E-state index contributed by atoms with van der Waals surface area (Å²) in [7, 11) is 0. The van der Waals surface area contributed by atoms with Gasteiger partial charge >= 0.3 is 0 Å². The minimum absolute atomic E-state index is 0.557. The lowest BCUT2D eigenvalue weighted by atomic mass is 10.1. The Morgan fingerprint density at radius 2 is 1.96 bits per heavy atom. The van der Waals surface area contributed by atoms with Crippen LogP contribution in [0, 0.1) is 0 Å². The van der Waals surface area contributed by atoms with E-state index in [0.717, 1.165) is 42.1 Å². The summed E-state index contributed by atoms with van der Waals surface area (Å²) in [5.74, 6) is -0.557. The molecule has 4 rings (SSSR count). The van der Waals surface area contributed by atoms with Gasteiger partial charge in [-0.05, 0) is 49.7 Å². The van der Waals surface area contributed by atoms with Crippen LogP contribution in [0.15, 0.2) is 54.7 Å². The molecule has 6 nitrogen and oxygen atoms in total. The highest BCUT2D eigenvalue weighted by atomic mass is 16.5. The summed E-state index contributed by atoms with van der Waals surface area (Å²) in [4.78, 5) is 18.6. The van der Waals surface area contributed by atoms with Gasteiger partial charge in [-0.1, -0.05) is 30.3 Å². The van der Waals surface area contributed by atoms with Gasteiger partial charge in [0.2, 0.25) is 0 Å². The molecule has 1 fully saturated rings. The van der Waals surface area contributed by atoms with Gasteiger partial charge in [-0.25, -0.2) is 10.5 Å². The largest absolute Gasteiger partial charge is 0.302 e. The van der Waals surface area contributed by atoms with Crippen LogP contribution in [0.3, 0.4) is 0 Å². The first-order chi connectivity index (χ1) is 13.2. The van der Waals surface area contributed by atoms with Crippen LogP contribution < -0.4 is 5.48 Å². The lowest BCUT2D eigenvalue weighted by Gasteiger charge is -2.15. The van der Waals surface area contributed by atoms with E-state index >= 15 is 0 Å². The van der Waals surface area contributed by atoms with Gasteiger partial charge in [0.05, 0.1) is 11.4 Å². The highest BCUT2D eigenvalue weighted by Gasteiger charge is 2.19. The Morgan fingerprint density at radius 3 is 2.70 bits per heavy atom. The number of benzene rings is 1. The summed E-state index contributed by atoms with van der Waals surface area (Å²) < 4.78 is 2.13. The second-order valence-corrected chi connectivity index (χ2v) is 6.75. The number of nitrogens with one attached hydrogen (secondary N) is 1. The number of rotatable bonds is 5. The Labute approximate surface area is 157 Å². The topological polar surface area (TPSA) is 69.9 Å². The van der Waals surface area contributed by atoms with E-state index < -0.39 is 5.91 Å². The summed E-state index contributed by atoms with van der Waals surface area (Å²) in [6.45, 7) is 3.12. The molecule has 0 radical (unpaired) electrons. The Morgan fingerprint density at radius 1 is 1.19 bits per heavy atom. The van der Waals surface area contributed by atoms with E-state index in [1.54, 1.807) is 11.6 Å². The van der Waals surface area contributed by atoms with E-state index in [1.807, 2.05) is 36.5 Å². The number of imidazole rings is 1. The van der Waals surface area contributed by atoms with E-state index in [4.69, 9.17) is 10.2 Å². The standard InChI is InChI=1S/C21H22N4O2/c26-20(23-27)9-8-16-10-13-25-18(15-24-11-4-5-12-24)21(22-19(25)14-16)17-6-2-1-3-7-17/h1-3,6-10,13-14,27H,4-5,11-12,15H2,(H,23,26)/b9-8+. The molecule has 138 valence electrons. The summed E-state index contributed by atoms with van der Waals surface area (Å²) in [5.41, 5.74) is 6.57. The lowest BCUT2D eigenvalue weighted by molar-refractivity contribution is -0.124.